The molecular weight excluding hydrogens is 308 g/mol. The second-order valence-corrected chi connectivity index (χ2v) is 6.20. The van der Waals surface area contributed by atoms with E-state index in [0.717, 1.165) is 18.4 Å². The molecule has 2 rings (SSSR count). The average Bonchev–Trinajstić information content (AvgIpc) is 2.60. The molecule has 132 valence electrons. The van der Waals surface area contributed by atoms with Crippen LogP contribution in [0.15, 0.2) is 18.2 Å². The van der Waals surface area contributed by atoms with E-state index in [0.29, 0.717) is 24.5 Å². The van der Waals surface area contributed by atoms with E-state index in [4.69, 9.17) is 9.47 Å². The number of benzene rings is 1. The third kappa shape index (κ3) is 4.26. The molecule has 1 aliphatic rings. The smallest absolute Gasteiger partial charge is 0.308 e. The highest BCUT2D eigenvalue weighted by Gasteiger charge is 2.30. The lowest BCUT2D eigenvalue weighted by Crippen LogP contribution is -2.47. The molecule has 1 aromatic rings. The number of hydrogen-bond acceptors (Lipinski definition) is 5. The molecule has 1 heterocycles. The molecule has 0 radical (unpaired) electrons. The Kier molecular flexibility index (Phi) is 6.20. The van der Waals surface area contributed by atoms with Crippen molar-refractivity contribution in [3.05, 3.63) is 23.8 Å². The Hall–Kier alpha value is -2.08. The molecule has 6 nitrogen and oxygen atoms in total. The lowest BCUT2D eigenvalue weighted by Gasteiger charge is -2.34. The number of carbonyl (C=O) groups is 2. The molecule has 0 spiro atoms. The van der Waals surface area contributed by atoms with Gasteiger partial charge >= 0.3 is 5.97 Å². The number of esters is 1. The summed E-state index contributed by atoms with van der Waals surface area (Å²) >= 11 is 0. The number of carbonyl (C=O) groups excluding carboxylic acids is 2. The third-order valence-electron chi connectivity index (χ3n) is 4.60. The molecule has 0 saturated carbocycles. The highest BCUT2D eigenvalue weighted by molar-refractivity contribution is 5.96. The van der Waals surface area contributed by atoms with Gasteiger partial charge in [-0.25, -0.2) is 0 Å². The van der Waals surface area contributed by atoms with Crippen molar-refractivity contribution >= 4 is 17.6 Å². The number of amides is 1. The highest BCUT2D eigenvalue weighted by atomic mass is 16.5. The maximum Gasteiger partial charge on any atom is 0.308 e. The summed E-state index contributed by atoms with van der Waals surface area (Å²) in [5.74, 6) is 0.357. The van der Waals surface area contributed by atoms with Crippen LogP contribution in [0.2, 0.25) is 0 Å². The van der Waals surface area contributed by atoms with Gasteiger partial charge in [-0.15, -0.1) is 0 Å². The first-order chi connectivity index (χ1) is 11.5. The van der Waals surface area contributed by atoms with Gasteiger partial charge in [0.1, 0.15) is 5.75 Å². The van der Waals surface area contributed by atoms with Crippen LogP contribution in [-0.2, 0) is 14.3 Å². The Morgan fingerprint density at radius 3 is 2.50 bits per heavy atom. The molecule has 0 bridgehead atoms. The number of ether oxygens (including phenoxy) is 2. The summed E-state index contributed by atoms with van der Waals surface area (Å²) in [5.41, 5.74) is 1.73. The first-order valence-electron chi connectivity index (χ1n) is 8.23. The first-order valence-corrected chi connectivity index (χ1v) is 8.23. The Morgan fingerprint density at radius 2 is 1.92 bits per heavy atom. The number of piperidine rings is 1. The van der Waals surface area contributed by atoms with Crippen molar-refractivity contribution in [3.63, 3.8) is 0 Å². The minimum atomic E-state index is -0.270. The van der Waals surface area contributed by atoms with Crippen molar-refractivity contribution in [1.82, 2.24) is 4.90 Å². The van der Waals surface area contributed by atoms with Gasteiger partial charge in [-0.05, 0) is 57.5 Å². The van der Waals surface area contributed by atoms with Crippen molar-refractivity contribution in [2.75, 3.05) is 32.6 Å². The van der Waals surface area contributed by atoms with Crippen molar-refractivity contribution in [1.29, 1.82) is 0 Å². The fourth-order valence-corrected chi connectivity index (χ4v) is 3.01. The maximum absolute atomic E-state index is 12.6. The third-order valence-corrected chi connectivity index (χ3v) is 4.60. The predicted molar refractivity (Wildman–Crippen MR) is 92.1 cm³/mol. The zero-order valence-electron chi connectivity index (χ0n) is 14.8. The van der Waals surface area contributed by atoms with E-state index in [1.165, 1.54) is 7.11 Å². The van der Waals surface area contributed by atoms with Crippen molar-refractivity contribution in [3.8, 4) is 5.75 Å². The molecule has 1 aromatic carbocycles. The molecule has 0 aliphatic carbocycles. The van der Waals surface area contributed by atoms with E-state index in [2.05, 4.69) is 10.2 Å². The van der Waals surface area contributed by atoms with Gasteiger partial charge in [-0.1, -0.05) is 6.07 Å². The molecule has 0 unspecified atom stereocenters. The van der Waals surface area contributed by atoms with Crippen LogP contribution in [0.4, 0.5) is 5.69 Å². The van der Waals surface area contributed by atoms with E-state index < -0.39 is 0 Å². The van der Waals surface area contributed by atoms with Crippen LogP contribution in [0.1, 0.15) is 25.3 Å². The largest absolute Gasteiger partial charge is 0.495 e. The molecule has 1 aliphatic heterocycles. The normalized spacial score (nSPS) is 17.2. The summed E-state index contributed by atoms with van der Waals surface area (Å²) in [6.07, 6.45) is 1.44. The molecule has 1 saturated heterocycles. The van der Waals surface area contributed by atoms with Crippen LogP contribution in [0, 0.1) is 12.8 Å². The topological polar surface area (TPSA) is 67.9 Å². The van der Waals surface area contributed by atoms with Gasteiger partial charge in [0.05, 0.1) is 31.9 Å². The Balaban J connectivity index is 1.96. The molecule has 0 aromatic heterocycles. The zero-order valence-corrected chi connectivity index (χ0v) is 14.8. The lowest BCUT2D eigenvalue weighted by molar-refractivity contribution is -0.147. The van der Waals surface area contributed by atoms with E-state index >= 15 is 0 Å². The summed E-state index contributed by atoms with van der Waals surface area (Å²) in [6, 6.07) is 5.41. The second-order valence-electron chi connectivity index (χ2n) is 6.20. The average molecular weight is 334 g/mol. The number of anilines is 1. The minimum absolute atomic E-state index is 0.0571. The van der Waals surface area contributed by atoms with Crippen LogP contribution in [-0.4, -0.2) is 50.1 Å². The quantitative estimate of drug-likeness (QED) is 0.836. The summed E-state index contributed by atoms with van der Waals surface area (Å²) in [5, 5.41) is 2.95. The molecule has 1 amide bonds. The number of nitrogens with one attached hydrogen (secondary N) is 1. The minimum Gasteiger partial charge on any atom is -0.495 e. The molecule has 1 fully saturated rings. The molecule has 1 atom stereocenters. The van der Waals surface area contributed by atoms with E-state index in [1.54, 1.807) is 7.11 Å². The number of nitrogens with zero attached hydrogens (tertiary/aromatic N) is 1. The Labute approximate surface area is 143 Å². The predicted octanol–water partition coefficient (Wildman–Crippen LogP) is 2.22. The number of likely N-dealkylation sites (tertiary alicyclic amines) is 1. The maximum atomic E-state index is 12.6. The number of hydrogen-bond donors (Lipinski definition) is 1. The SMILES string of the molecule is COC(=O)C1CCN([C@H](C)C(=O)Nc2cc(C)ccc2OC)CC1. The fourth-order valence-electron chi connectivity index (χ4n) is 3.01. The van der Waals surface area contributed by atoms with Crippen LogP contribution in [0.3, 0.4) is 0 Å². The Morgan fingerprint density at radius 1 is 1.25 bits per heavy atom. The molecule has 6 heteroatoms. The van der Waals surface area contributed by atoms with Gasteiger partial charge < -0.3 is 14.8 Å². The fraction of sp³-hybridized carbons (Fsp3) is 0.556. The monoisotopic (exact) mass is 334 g/mol. The Bertz CT molecular complexity index is 595. The summed E-state index contributed by atoms with van der Waals surface area (Å²) in [7, 11) is 3.00. The van der Waals surface area contributed by atoms with Crippen LogP contribution < -0.4 is 10.1 Å². The van der Waals surface area contributed by atoms with E-state index in [1.807, 2.05) is 32.0 Å². The van der Waals surface area contributed by atoms with Crippen molar-refractivity contribution < 1.29 is 19.1 Å². The van der Waals surface area contributed by atoms with E-state index in [9.17, 15) is 9.59 Å². The second kappa shape index (κ2) is 8.15. The van der Waals surface area contributed by atoms with Gasteiger partial charge in [0, 0.05) is 0 Å². The molecule has 24 heavy (non-hydrogen) atoms. The standard InChI is InChI=1S/C18H26N2O4/c1-12-5-6-16(23-3)15(11-12)19-17(21)13(2)20-9-7-14(8-10-20)18(22)24-4/h5-6,11,13-14H,7-10H2,1-4H3,(H,19,21)/t13-/m1/s1. The zero-order chi connectivity index (χ0) is 17.7. The van der Waals surface area contributed by atoms with Gasteiger partial charge in [-0.3, -0.25) is 14.5 Å². The van der Waals surface area contributed by atoms with Crippen LogP contribution in [0.25, 0.3) is 0 Å². The first kappa shape index (κ1) is 18.3. The van der Waals surface area contributed by atoms with Gasteiger partial charge in [0.25, 0.3) is 0 Å². The van der Waals surface area contributed by atoms with Crippen molar-refractivity contribution in [2.24, 2.45) is 5.92 Å². The number of aryl methyl sites for hydroxylation is 1. The van der Waals surface area contributed by atoms with Crippen molar-refractivity contribution in [2.45, 2.75) is 32.7 Å². The van der Waals surface area contributed by atoms with Gasteiger partial charge in [0.2, 0.25) is 5.91 Å². The summed E-state index contributed by atoms with van der Waals surface area (Å²) in [6.45, 7) is 5.27. The molecule has 1 N–H and O–H groups in total. The van der Waals surface area contributed by atoms with Gasteiger partial charge in [0.15, 0.2) is 0 Å². The van der Waals surface area contributed by atoms with Gasteiger partial charge in [-0.2, -0.15) is 0 Å². The molecular formula is C18H26N2O4. The van der Waals surface area contributed by atoms with E-state index in [-0.39, 0.29) is 23.8 Å². The number of rotatable bonds is 5. The van der Waals surface area contributed by atoms with Crippen LogP contribution >= 0.6 is 0 Å². The number of methoxy groups -OCH3 is 2. The summed E-state index contributed by atoms with van der Waals surface area (Å²) < 4.78 is 10.1. The van der Waals surface area contributed by atoms with Crippen LogP contribution in [0.5, 0.6) is 5.75 Å². The summed E-state index contributed by atoms with van der Waals surface area (Å²) in [4.78, 5) is 26.2. The highest BCUT2D eigenvalue weighted by Crippen LogP contribution is 2.26. The lowest BCUT2D eigenvalue weighted by atomic mass is 9.96.